The van der Waals surface area contributed by atoms with Crippen molar-refractivity contribution in [2.45, 2.75) is 38.4 Å². The zero-order chi connectivity index (χ0) is 14.3. The molecule has 3 rings (SSSR count). The number of likely N-dealkylation sites (tertiary alicyclic amines) is 1. The summed E-state index contributed by atoms with van der Waals surface area (Å²) in [5.74, 6) is -1.13. The van der Waals surface area contributed by atoms with Gasteiger partial charge in [0.1, 0.15) is 11.5 Å². The molecule has 0 radical (unpaired) electrons. The van der Waals surface area contributed by atoms with Crippen LogP contribution in [-0.2, 0) is 19.1 Å². The molecule has 1 spiro atoms. The summed E-state index contributed by atoms with van der Waals surface area (Å²) in [5.41, 5.74) is -0.590. The molecule has 3 aliphatic heterocycles. The fourth-order valence-corrected chi connectivity index (χ4v) is 3.62. The maximum Gasteiger partial charge on any atom is 0.312 e. The Hall–Kier alpha value is -1.36. The molecule has 0 N–H and O–H groups in total. The third kappa shape index (κ3) is 1.79. The maximum atomic E-state index is 12.6. The smallest absolute Gasteiger partial charge is 0.312 e. The van der Waals surface area contributed by atoms with Crippen molar-refractivity contribution in [1.82, 2.24) is 4.90 Å². The van der Waals surface area contributed by atoms with Crippen LogP contribution in [0.25, 0.3) is 0 Å². The van der Waals surface area contributed by atoms with Crippen LogP contribution >= 0.6 is 0 Å². The third-order valence-corrected chi connectivity index (χ3v) is 4.52. The molecule has 5 nitrogen and oxygen atoms in total. The van der Waals surface area contributed by atoms with Crippen molar-refractivity contribution in [3.05, 3.63) is 12.2 Å². The summed E-state index contributed by atoms with van der Waals surface area (Å²) in [4.78, 5) is 26.6. The second-order valence-electron chi connectivity index (χ2n) is 5.77. The Balaban J connectivity index is 1.83. The molecule has 110 valence electrons. The first-order valence-corrected chi connectivity index (χ1v) is 7.45. The number of carbonyl (C=O) groups is 2. The van der Waals surface area contributed by atoms with Crippen molar-refractivity contribution in [2.24, 2.45) is 11.8 Å². The molecule has 2 fully saturated rings. The fraction of sp³-hybridized carbons (Fsp3) is 0.733. The number of hydrogen-bond acceptors (Lipinski definition) is 4. The Morgan fingerprint density at radius 2 is 2.35 bits per heavy atom. The first kappa shape index (κ1) is 13.6. The minimum Gasteiger partial charge on any atom is -0.466 e. The molecule has 2 bridgehead atoms. The lowest BCUT2D eigenvalue weighted by atomic mass is 9.77. The highest BCUT2D eigenvalue weighted by atomic mass is 16.6. The monoisotopic (exact) mass is 279 g/mol. The normalized spacial score (nSPS) is 37.6. The second kappa shape index (κ2) is 4.88. The molecular weight excluding hydrogens is 258 g/mol. The quantitative estimate of drug-likeness (QED) is 0.559. The van der Waals surface area contributed by atoms with Crippen LogP contribution in [0.15, 0.2) is 12.2 Å². The predicted octanol–water partition coefficient (Wildman–Crippen LogP) is 1.13. The largest absolute Gasteiger partial charge is 0.466 e. The van der Waals surface area contributed by atoms with E-state index in [9.17, 15) is 9.59 Å². The molecule has 5 heteroatoms. The molecule has 3 heterocycles. The van der Waals surface area contributed by atoms with E-state index < -0.39 is 17.4 Å². The van der Waals surface area contributed by atoms with Crippen LogP contribution < -0.4 is 0 Å². The van der Waals surface area contributed by atoms with Crippen molar-refractivity contribution < 1.29 is 19.1 Å². The van der Waals surface area contributed by atoms with Gasteiger partial charge in [-0.15, -0.1) is 0 Å². The molecule has 2 saturated heterocycles. The molecule has 0 aliphatic carbocycles. The first-order chi connectivity index (χ1) is 9.63. The van der Waals surface area contributed by atoms with Crippen molar-refractivity contribution in [3.8, 4) is 0 Å². The molecular formula is C15H21NO4. The van der Waals surface area contributed by atoms with Gasteiger partial charge in [-0.05, 0) is 13.3 Å². The molecule has 0 aromatic rings. The number of ether oxygens (including phenoxy) is 2. The van der Waals surface area contributed by atoms with Crippen molar-refractivity contribution in [2.75, 3.05) is 19.7 Å². The molecule has 0 aromatic carbocycles. The minimum atomic E-state index is -0.590. The highest BCUT2D eigenvalue weighted by molar-refractivity contribution is 5.91. The van der Waals surface area contributed by atoms with E-state index in [0.29, 0.717) is 13.2 Å². The Bertz CT molecular complexity index is 461. The van der Waals surface area contributed by atoms with Gasteiger partial charge in [-0.1, -0.05) is 25.5 Å². The third-order valence-electron chi connectivity index (χ3n) is 4.52. The van der Waals surface area contributed by atoms with Crippen molar-refractivity contribution in [3.63, 3.8) is 0 Å². The summed E-state index contributed by atoms with van der Waals surface area (Å²) in [7, 11) is 0. The number of esters is 1. The van der Waals surface area contributed by atoms with Gasteiger partial charge < -0.3 is 14.4 Å². The van der Waals surface area contributed by atoms with Crippen molar-refractivity contribution >= 4 is 11.9 Å². The van der Waals surface area contributed by atoms with E-state index in [1.165, 1.54) is 0 Å². The van der Waals surface area contributed by atoms with Crippen LogP contribution in [0.4, 0.5) is 0 Å². The van der Waals surface area contributed by atoms with Crippen molar-refractivity contribution in [1.29, 1.82) is 0 Å². The Labute approximate surface area is 118 Å². The Morgan fingerprint density at radius 1 is 1.55 bits per heavy atom. The van der Waals surface area contributed by atoms with Gasteiger partial charge in [-0.3, -0.25) is 9.59 Å². The second-order valence-corrected chi connectivity index (χ2v) is 5.77. The van der Waals surface area contributed by atoms with Gasteiger partial charge in [0.25, 0.3) is 0 Å². The first-order valence-electron chi connectivity index (χ1n) is 7.45. The number of carbonyl (C=O) groups excluding carboxylic acids is 2. The van der Waals surface area contributed by atoms with E-state index >= 15 is 0 Å². The molecule has 1 unspecified atom stereocenters. The highest BCUT2D eigenvalue weighted by Gasteiger charge is 2.67. The topological polar surface area (TPSA) is 55.8 Å². The van der Waals surface area contributed by atoms with Gasteiger partial charge in [-0.25, -0.2) is 0 Å². The summed E-state index contributed by atoms with van der Waals surface area (Å²) in [6, 6.07) is 0. The van der Waals surface area contributed by atoms with Gasteiger partial charge in [0.05, 0.1) is 25.2 Å². The molecule has 4 atom stereocenters. The zero-order valence-corrected chi connectivity index (χ0v) is 12.0. The molecule has 3 aliphatic rings. The lowest BCUT2D eigenvalue weighted by Crippen LogP contribution is -2.40. The molecule has 1 amide bonds. The average Bonchev–Trinajstić information content (AvgIpc) is 3.05. The summed E-state index contributed by atoms with van der Waals surface area (Å²) >= 11 is 0. The Morgan fingerprint density at radius 3 is 3.05 bits per heavy atom. The summed E-state index contributed by atoms with van der Waals surface area (Å²) in [6.45, 7) is 5.52. The van der Waals surface area contributed by atoms with Crippen LogP contribution in [0.2, 0.25) is 0 Å². The van der Waals surface area contributed by atoms with E-state index in [4.69, 9.17) is 9.47 Å². The van der Waals surface area contributed by atoms with E-state index in [1.807, 2.05) is 17.1 Å². The number of nitrogens with zero attached hydrogens (tertiary/aromatic N) is 1. The van der Waals surface area contributed by atoms with Gasteiger partial charge in [0.15, 0.2) is 0 Å². The van der Waals surface area contributed by atoms with Gasteiger partial charge in [0, 0.05) is 6.54 Å². The van der Waals surface area contributed by atoms with E-state index in [0.717, 1.165) is 19.4 Å². The van der Waals surface area contributed by atoms with Gasteiger partial charge >= 0.3 is 5.97 Å². The summed E-state index contributed by atoms with van der Waals surface area (Å²) in [5, 5.41) is 0. The van der Waals surface area contributed by atoms with Crippen LogP contribution in [0.5, 0.6) is 0 Å². The van der Waals surface area contributed by atoms with Crippen LogP contribution in [0.1, 0.15) is 26.7 Å². The standard InChI is InChI=1S/C15H21NO4/c1-3-5-8-16-9-15-7-6-10(20-15)11(12(15)13(16)17)14(18)19-4-2/h6-7,10-12H,3-5,8-9H2,1-2H3/t10-,11?,12-,15+/m0/s1. The van der Waals surface area contributed by atoms with Gasteiger partial charge in [0.2, 0.25) is 5.91 Å². The minimum absolute atomic E-state index is 0.0448. The number of unbranched alkanes of at least 4 members (excludes halogenated alkanes) is 1. The van der Waals surface area contributed by atoms with Gasteiger partial charge in [-0.2, -0.15) is 0 Å². The number of fused-ring (bicyclic) bond motifs is 1. The zero-order valence-electron chi connectivity index (χ0n) is 12.0. The maximum absolute atomic E-state index is 12.6. The van der Waals surface area contributed by atoms with Crippen LogP contribution in [-0.4, -0.2) is 48.2 Å². The van der Waals surface area contributed by atoms with E-state index in [-0.39, 0.29) is 18.0 Å². The van der Waals surface area contributed by atoms with Crippen LogP contribution in [0.3, 0.4) is 0 Å². The molecule has 20 heavy (non-hydrogen) atoms. The van der Waals surface area contributed by atoms with E-state index in [2.05, 4.69) is 6.92 Å². The number of amides is 1. The lowest BCUT2D eigenvalue weighted by molar-refractivity contribution is -0.153. The SMILES string of the molecule is CCCCN1C[C@@]23C=C[C@H](O2)C(C(=O)OCC)[C@H]3C1=O. The highest BCUT2D eigenvalue weighted by Crippen LogP contribution is 2.52. The average molecular weight is 279 g/mol. The van der Waals surface area contributed by atoms with Crippen LogP contribution in [0, 0.1) is 11.8 Å². The molecule has 0 aromatic heterocycles. The number of rotatable bonds is 5. The lowest BCUT2D eigenvalue weighted by Gasteiger charge is -2.22. The molecule has 0 saturated carbocycles. The number of hydrogen-bond donors (Lipinski definition) is 0. The predicted molar refractivity (Wildman–Crippen MR) is 71.8 cm³/mol. The van der Waals surface area contributed by atoms with E-state index in [1.54, 1.807) is 6.92 Å². The fourth-order valence-electron chi connectivity index (χ4n) is 3.62. The summed E-state index contributed by atoms with van der Waals surface area (Å²) in [6.07, 6.45) is 5.61. The summed E-state index contributed by atoms with van der Waals surface area (Å²) < 4.78 is 11.1. The Kier molecular flexibility index (Phi) is 3.32.